The monoisotopic (exact) mass is 208 g/mol. The molecule has 1 aromatic rings. The summed E-state index contributed by atoms with van der Waals surface area (Å²) < 4.78 is 0. The van der Waals surface area contributed by atoms with E-state index in [1.165, 1.54) is 24.8 Å². The lowest BCUT2D eigenvalue weighted by Crippen LogP contribution is -2.00. The second-order valence-corrected chi connectivity index (χ2v) is 4.08. The molecule has 0 bridgehead atoms. The lowest BCUT2D eigenvalue weighted by Gasteiger charge is -2.00. The maximum Gasteiger partial charge on any atom is 0.303 e. The van der Waals surface area contributed by atoms with Gasteiger partial charge >= 0.3 is 5.97 Å². The molecule has 2 rings (SSSR count). The first-order valence-corrected chi connectivity index (χ1v) is 5.54. The fraction of sp³-hybridized carbons (Fsp3) is 0.636. The van der Waals surface area contributed by atoms with Crippen LogP contribution in [0.1, 0.15) is 42.6 Å². The summed E-state index contributed by atoms with van der Waals surface area (Å²) in [7, 11) is 0. The standard InChI is InChI=1S/C11H16N2O2/c14-11(15)7-6-10-8-4-2-1-3-5-9(8)12-13-10/h1-7H2,(H,12,13)(H,14,15). The van der Waals surface area contributed by atoms with Crippen molar-refractivity contribution in [2.75, 3.05) is 0 Å². The van der Waals surface area contributed by atoms with Crippen molar-refractivity contribution in [1.29, 1.82) is 0 Å². The van der Waals surface area contributed by atoms with Crippen molar-refractivity contribution in [3.63, 3.8) is 0 Å². The highest BCUT2D eigenvalue weighted by atomic mass is 16.4. The molecular formula is C11H16N2O2. The maximum atomic E-state index is 10.5. The number of aromatic nitrogens is 2. The molecule has 4 nitrogen and oxygen atoms in total. The number of aliphatic carboxylic acids is 1. The summed E-state index contributed by atoms with van der Waals surface area (Å²) in [5.41, 5.74) is 3.48. The summed E-state index contributed by atoms with van der Waals surface area (Å²) in [6, 6.07) is 0. The molecule has 0 radical (unpaired) electrons. The molecule has 4 heteroatoms. The first-order chi connectivity index (χ1) is 7.27. The van der Waals surface area contributed by atoms with Crippen molar-refractivity contribution in [2.45, 2.75) is 44.9 Å². The van der Waals surface area contributed by atoms with Crippen LogP contribution in [-0.4, -0.2) is 21.3 Å². The summed E-state index contributed by atoms with van der Waals surface area (Å²) in [6.07, 6.45) is 6.53. The molecule has 0 fully saturated rings. The summed E-state index contributed by atoms with van der Waals surface area (Å²) in [6.45, 7) is 0. The van der Waals surface area contributed by atoms with E-state index in [1.807, 2.05) is 0 Å². The number of H-pyrrole nitrogens is 1. The van der Waals surface area contributed by atoms with E-state index >= 15 is 0 Å². The normalized spacial score (nSPS) is 15.7. The number of aryl methyl sites for hydroxylation is 2. The molecule has 0 saturated heterocycles. The van der Waals surface area contributed by atoms with Gasteiger partial charge < -0.3 is 5.11 Å². The van der Waals surface area contributed by atoms with Gasteiger partial charge in [0.15, 0.2) is 0 Å². The predicted octanol–water partition coefficient (Wildman–Crippen LogP) is 1.70. The van der Waals surface area contributed by atoms with E-state index in [0.29, 0.717) is 6.42 Å². The molecule has 1 heterocycles. The second-order valence-electron chi connectivity index (χ2n) is 4.08. The number of carboxylic acid groups (broad SMARTS) is 1. The van der Waals surface area contributed by atoms with Crippen molar-refractivity contribution < 1.29 is 9.90 Å². The largest absolute Gasteiger partial charge is 0.481 e. The van der Waals surface area contributed by atoms with Crippen molar-refractivity contribution in [2.24, 2.45) is 0 Å². The average molecular weight is 208 g/mol. The Hall–Kier alpha value is -1.32. The van der Waals surface area contributed by atoms with Crippen LogP contribution >= 0.6 is 0 Å². The topological polar surface area (TPSA) is 66.0 Å². The molecule has 0 aliphatic heterocycles. The van der Waals surface area contributed by atoms with Crippen LogP contribution in [0.3, 0.4) is 0 Å². The smallest absolute Gasteiger partial charge is 0.303 e. The Morgan fingerprint density at radius 2 is 2.13 bits per heavy atom. The van der Waals surface area contributed by atoms with Crippen LogP contribution < -0.4 is 0 Å². The molecular weight excluding hydrogens is 192 g/mol. The van der Waals surface area contributed by atoms with Gasteiger partial charge in [0, 0.05) is 5.69 Å². The summed E-state index contributed by atoms with van der Waals surface area (Å²) >= 11 is 0. The third kappa shape index (κ3) is 2.37. The number of hydrogen-bond donors (Lipinski definition) is 2. The molecule has 0 aromatic carbocycles. The second kappa shape index (κ2) is 4.47. The summed E-state index contributed by atoms with van der Waals surface area (Å²) in [5, 5.41) is 15.9. The highest BCUT2D eigenvalue weighted by molar-refractivity contribution is 5.67. The number of hydrogen-bond acceptors (Lipinski definition) is 2. The zero-order valence-corrected chi connectivity index (χ0v) is 8.75. The summed E-state index contributed by atoms with van der Waals surface area (Å²) in [5.74, 6) is -0.744. The number of fused-ring (bicyclic) bond motifs is 1. The Morgan fingerprint density at radius 1 is 1.33 bits per heavy atom. The van der Waals surface area contributed by atoms with Crippen LogP contribution in [-0.2, 0) is 24.1 Å². The molecule has 1 aliphatic carbocycles. The molecule has 0 saturated carbocycles. The number of aromatic amines is 1. The molecule has 0 atom stereocenters. The Bertz CT molecular complexity index is 357. The molecule has 82 valence electrons. The van der Waals surface area contributed by atoms with E-state index in [4.69, 9.17) is 5.11 Å². The van der Waals surface area contributed by atoms with Crippen LogP contribution in [0.5, 0.6) is 0 Å². The Balaban J connectivity index is 2.11. The van der Waals surface area contributed by atoms with E-state index in [9.17, 15) is 4.79 Å². The SMILES string of the molecule is O=C(O)CCc1[nH]nc2c1CCCCC2. The molecule has 0 amide bonds. The average Bonchev–Trinajstić information content (AvgIpc) is 2.44. The third-order valence-corrected chi connectivity index (χ3v) is 2.97. The zero-order chi connectivity index (χ0) is 10.7. The summed E-state index contributed by atoms with van der Waals surface area (Å²) in [4.78, 5) is 10.5. The lowest BCUT2D eigenvalue weighted by molar-refractivity contribution is -0.136. The molecule has 0 spiro atoms. The predicted molar refractivity (Wildman–Crippen MR) is 55.8 cm³/mol. The molecule has 1 aliphatic rings. The quantitative estimate of drug-likeness (QED) is 0.743. The van der Waals surface area contributed by atoms with Gasteiger partial charge in [-0.2, -0.15) is 5.10 Å². The molecule has 0 unspecified atom stereocenters. The van der Waals surface area contributed by atoms with Crippen LogP contribution in [0.4, 0.5) is 0 Å². The van der Waals surface area contributed by atoms with E-state index < -0.39 is 5.97 Å². The van der Waals surface area contributed by atoms with Gasteiger partial charge in [-0.05, 0) is 37.7 Å². The Morgan fingerprint density at radius 3 is 2.93 bits per heavy atom. The van der Waals surface area contributed by atoms with E-state index in [2.05, 4.69) is 10.2 Å². The van der Waals surface area contributed by atoms with E-state index in [0.717, 1.165) is 24.2 Å². The van der Waals surface area contributed by atoms with Gasteiger partial charge in [-0.15, -0.1) is 0 Å². The number of carboxylic acids is 1. The zero-order valence-electron chi connectivity index (χ0n) is 8.75. The first kappa shape index (κ1) is 10.2. The van der Waals surface area contributed by atoms with Gasteiger partial charge in [-0.1, -0.05) is 6.42 Å². The number of rotatable bonds is 3. The minimum atomic E-state index is -0.744. The van der Waals surface area contributed by atoms with Gasteiger partial charge in [0.1, 0.15) is 0 Å². The van der Waals surface area contributed by atoms with Gasteiger partial charge in [0.25, 0.3) is 0 Å². The van der Waals surface area contributed by atoms with Crippen molar-refractivity contribution >= 4 is 5.97 Å². The van der Waals surface area contributed by atoms with Gasteiger partial charge in [0.05, 0.1) is 12.1 Å². The van der Waals surface area contributed by atoms with Gasteiger partial charge in [-0.3, -0.25) is 9.89 Å². The number of nitrogens with one attached hydrogen (secondary N) is 1. The maximum absolute atomic E-state index is 10.5. The van der Waals surface area contributed by atoms with Gasteiger partial charge in [-0.25, -0.2) is 0 Å². The van der Waals surface area contributed by atoms with Crippen molar-refractivity contribution in [3.05, 3.63) is 17.0 Å². The molecule has 2 N–H and O–H groups in total. The van der Waals surface area contributed by atoms with Crippen LogP contribution in [0.2, 0.25) is 0 Å². The van der Waals surface area contributed by atoms with Crippen LogP contribution in [0.25, 0.3) is 0 Å². The van der Waals surface area contributed by atoms with Crippen molar-refractivity contribution in [1.82, 2.24) is 10.2 Å². The highest BCUT2D eigenvalue weighted by Gasteiger charge is 2.15. The fourth-order valence-electron chi connectivity index (χ4n) is 2.16. The van der Waals surface area contributed by atoms with E-state index in [1.54, 1.807) is 0 Å². The minimum Gasteiger partial charge on any atom is -0.481 e. The van der Waals surface area contributed by atoms with Crippen LogP contribution in [0.15, 0.2) is 0 Å². The minimum absolute atomic E-state index is 0.189. The Kier molecular flexibility index (Phi) is 3.04. The number of nitrogens with zero attached hydrogens (tertiary/aromatic N) is 1. The van der Waals surface area contributed by atoms with E-state index in [-0.39, 0.29) is 6.42 Å². The number of carbonyl (C=O) groups is 1. The van der Waals surface area contributed by atoms with Crippen LogP contribution in [0, 0.1) is 0 Å². The van der Waals surface area contributed by atoms with Gasteiger partial charge in [0.2, 0.25) is 0 Å². The highest BCUT2D eigenvalue weighted by Crippen LogP contribution is 2.22. The van der Waals surface area contributed by atoms with Crippen molar-refractivity contribution in [3.8, 4) is 0 Å². The fourth-order valence-corrected chi connectivity index (χ4v) is 2.16. The molecule has 15 heavy (non-hydrogen) atoms. The Labute approximate surface area is 88.7 Å². The first-order valence-electron chi connectivity index (χ1n) is 5.54. The lowest BCUT2D eigenvalue weighted by atomic mass is 10.1. The third-order valence-electron chi connectivity index (χ3n) is 2.97. The molecule has 1 aromatic heterocycles.